The van der Waals surface area contributed by atoms with E-state index in [1.807, 2.05) is 20.3 Å². The van der Waals surface area contributed by atoms with Crippen molar-refractivity contribution >= 4 is 5.91 Å². The zero-order valence-corrected chi connectivity index (χ0v) is 7.26. The number of nitrogens with zero attached hydrogens (tertiary/aromatic N) is 1. The Morgan fingerprint density at radius 2 is 2.09 bits per heavy atom. The van der Waals surface area contributed by atoms with Gasteiger partial charge in [-0.25, -0.2) is 9.28 Å². The fourth-order valence-electron chi connectivity index (χ4n) is 1.17. The predicted octanol–water partition coefficient (Wildman–Crippen LogP) is 0.871. The molecular formula is C8H14NO2+. The highest BCUT2D eigenvalue weighted by molar-refractivity contribution is 5.70. The first kappa shape index (κ1) is 8.27. The van der Waals surface area contributed by atoms with Crippen molar-refractivity contribution in [2.24, 2.45) is 0 Å². The average molecular weight is 156 g/mol. The predicted molar refractivity (Wildman–Crippen MR) is 41.4 cm³/mol. The minimum atomic E-state index is 0.241. The molecule has 11 heavy (non-hydrogen) atoms. The summed E-state index contributed by atoms with van der Waals surface area (Å²) in [5, 5.41) is 0. The van der Waals surface area contributed by atoms with Gasteiger partial charge in [0.2, 0.25) is 0 Å². The molecule has 0 aromatic heterocycles. The summed E-state index contributed by atoms with van der Waals surface area (Å²) in [5.74, 6) is 1.15. The molecule has 0 radical (unpaired) electrons. The maximum atomic E-state index is 11.2. The lowest BCUT2D eigenvalue weighted by molar-refractivity contribution is -0.762. The summed E-state index contributed by atoms with van der Waals surface area (Å²) < 4.78 is 5.38. The van der Waals surface area contributed by atoms with Crippen LogP contribution in [0, 0.1) is 0 Å². The third kappa shape index (κ3) is 1.60. The third-order valence-electron chi connectivity index (χ3n) is 1.96. The molecule has 0 fully saturated rings. The maximum Gasteiger partial charge on any atom is 0.318 e. The lowest BCUT2D eigenvalue weighted by Crippen LogP contribution is -2.42. The quantitative estimate of drug-likeness (QED) is 0.526. The van der Waals surface area contributed by atoms with Crippen LogP contribution in [0.5, 0.6) is 0 Å². The van der Waals surface area contributed by atoms with E-state index in [1.54, 1.807) is 7.11 Å². The smallest absolute Gasteiger partial charge is 0.318 e. The summed E-state index contributed by atoms with van der Waals surface area (Å²) in [7, 11) is 5.36. The number of carbonyl (C=O) groups is 1. The van der Waals surface area contributed by atoms with Crippen molar-refractivity contribution in [1.82, 2.24) is 0 Å². The molecular weight excluding hydrogens is 142 g/mol. The first-order valence-corrected chi connectivity index (χ1v) is 3.69. The van der Waals surface area contributed by atoms with Crippen LogP contribution in [0.2, 0.25) is 0 Å². The molecule has 3 heteroatoms. The van der Waals surface area contributed by atoms with Gasteiger partial charge in [-0.05, 0) is 0 Å². The van der Waals surface area contributed by atoms with E-state index in [1.165, 1.54) is 0 Å². The van der Waals surface area contributed by atoms with Gasteiger partial charge in [-0.2, -0.15) is 0 Å². The van der Waals surface area contributed by atoms with Gasteiger partial charge < -0.3 is 4.74 Å². The molecule has 0 unspecified atom stereocenters. The molecule has 0 bridgehead atoms. The molecule has 0 saturated heterocycles. The number of ether oxygens (including phenoxy) is 1. The Balaban J connectivity index is 2.85. The second-order valence-corrected chi connectivity index (χ2v) is 3.23. The van der Waals surface area contributed by atoms with E-state index in [0.29, 0.717) is 10.9 Å². The van der Waals surface area contributed by atoms with Gasteiger partial charge in [-0.15, -0.1) is 0 Å². The van der Waals surface area contributed by atoms with Crippen molar-refractivity contribution in [3.05, 3.63) is 12.0 Å². The monoisotopic (exact) mass is 156 g/mol. The van der Waals surface area contributed by atoms with Crippen LogP contribution in [0.25, 0.3) is 0 Å². The minimum absolute atomic E-state index is 0.241. The van der Waals surface area contributed by atoms with E-state index in [9.17, 15) is 4.79 Å². The van der Waals surface area contributed by atoms with Gasteiger partial charge >= 0.3 is 5.91 Å². The molecule has 1 aliphatic rings. The number of rotatable bonds is 1. The first-order valence-electron chi connectivity index (χ1n) is 3.69. The SMILES string of the molecule is COC1=C[N+](C)(C)C(=O)CC1. The summed E-state index contributed by atoms with van der Waals surface area (Å²) >= 11 is 0. The molecule has 0 aromatic rings. The molecule has 0 N–H and O–H groups in total. The molecule has 0 saturated carbocycles. The summed E-state index contributed by atoms with van der Waals surface area (Å²) in [5.41, 5.74) is 0. The lowest BCUT2D eigenvalue weighted by atomic mass is 10.2. The molecule has 1 aliphatic heterocycles. The summed E-state index contributed by atoms with van der Waals surface area (Å²) in [4.78, 5) is 11.2. The van der Waals surface area contributed by atoms with Crippen LogP contribution in [0.1, 0.15) is 12.8 Å². The third-order valence-corrected chi connectivity index (χ3v) is 1.96. The Hall–Kier alpha value is -0.830. The Morgan fingerprint density at radius 1 is 1.45 bits per heavy atom. The molecule has 1 heterocycles. The van der Waals surface area contributed by atoms with Crippen molar-refractivity contribution < 1.29 is 14.0 Å². The number of hydrogen-bond acceptors (Lipinski definition) is 2. The highest BCUT2D eigenvalue weighted by Gasteiger charge is 2.29. The van der Waals surface area contributed by atoms with Gasteiger partial charge in [0.15, 0.2) is 0 Å². The maximum absolute atomic E-state index is 11.2. The average Bonchev–Trinajstić information content (AvgIpc) is 1.95. The Bertz CT molecular complexity index is 206. The van der Waals surface area contributed by atoms with Gasteiger partial charge in [0.25, 0.3) is 0 Å². The molecule has 0 atom stereocenters. The van der Waals surface area contributed by atoms with Crippen LogP contribution in [-0.4, -0.2) is 31.6 Å². The molecule has 3 nitrogen and oxygen atoms in total. The van der Waals surface area contributed by atoms with Crippen LogP contribution in [0.3, 0.4) is 0 Å². The zero-order valence-electron chi connectivity index (χ0n) is 7.26. The van der Waals surface area contributed by atoms with Crippen molar-refractivity contribution in [3.8, 4) is 0 Å². The highest BCUT2D eigenvalue weighted by Crippen LogP contribution is 2.19. The molecule has 0 aliphatic carbocycles. The van der Waals surface area contributed by atoms with Crippen LogP contribution >= 0.6 is 0 Å². The van der Waals surface area contributed by atoms with Crippen LogP contribution in [0.4, 0.5) is 0 Å². The number of carbonyl (C=O) groups excluding carboxylic acids is 1. The number of quaternary nitrogens is 1. The Morgan fingerprint density at radius 3 is 2.55 bits per heavy atom. The van der Waals surface area contributed by atoms with Crippen LogP contribution in [0.15, 0.2) is 12.0 Å². The number of methoxy groups -OCH3 is 1. The number of allylic oxidation sites excluding steroid dienone is 1. The molecule has 0 aromatic carbocycles. The molecule has 62 valence electrons. The van der Waals surface area contributed by atoms with Gasteiger partial charge in [0.1, 0.15) is 12.0 Å². The second-order valence-electron chi connectivity index (χ2n) is 3.23. The fourth-order valence-corrected chi connectivity index (χ4v) is 1.17. The van der Waals surface area contributed by atoms with Crippen molar-refractivity contribution in [3.63, 3.8) is 0 Å². The highest BCUT2D eigenvalue weighted by atomic mass is 16.5. The van der Waals surface area contributed by atoms with Gasteiger partial charge in [0, 0.05) is 6.42 Å². The van der Waals surface area contributed by atoms with Crippen LogP contribution < -0.4 is 0 Å². The van der Waals surface area contributed by atoms with Gasteiger partial charge in [-0.3, -0.25) is 0 Å². The number of hydrogen-bond donors (Lipinski definition) is 0. The van der Waals surface area contributed by atoms with E-state index >= 15 is 0 Å². The lowest BCUT2D eigenvalue weighted by Gasteiger charge is -2.26. The van der Waals surface area contributed by atoms with E-state index in [0.717, 1.165) is 12.2 Å². The zero-order chi connectivity index (χ0) is 8.48. The normalized spacial score (nSPS) is 22.8. The topological polar surface area (TPSA) is 26.3 Å². The number of amides is 1. The van der Waals surface area contributed by atoms with Crippen molar-refractivity contribution in [1.29, 1.82) is 0 Å². The Labute approximate surface area is 66.8 Å². The van der Waals surface area contributed by atoms with E-state index in [4.69, 9.17) is 4.74 Å². The molecule has 1 rings (SSSR count). The van der Waals surface area contributed by atoms with E-state index in [2.05, 4.69) is 0 Å². The van der Waals surface area contributed by atoms with Crippen LogP contribution in [-0.2, 0) is 9.53 Å². The van der Waals surface area contributed by atoms with E-state index < -0.39 is 0 Å². The van der Waals surface area contributed by atoms with Crippen molar-refractivity contribution in [2.75, 3.05) is 21.2 Å². The Kier molecular flexibility index (Phi) is 2.00. The summed E-state index contributed by atoms with van der Waals surface area (Å²) in [6, 6.07) is 0. The second kappa shape index (κ2) is 2.66. The largest absolute Gasteiger partial charge is 0.496 e. The minimum Gasteiger partial charge on any atom is -0.496 e. The first-order chi connectivity index (χ1) is 5.06. The standard InChI is InChI=1S/C8H14NO2/c1-9(2)6-7(11-3)4-5-8(9)10/h6H,4-5H2,1-3H3/q+1. The van der Waals surface area contributed by atoms with Gasteiger partial charge in [0.05, 0.1) is 27.6 Å². The van der Waals surface area contributed by atoms with Crippen molar-refractivity contribution in [2.45, 2.75) is 12.8 Å². The fraction of sp³-hybridized carbons (Fsp3) is 0.625. The molecule has 1 amide bonds. The summed E-state index contributed by atoms with van der Waals surface area (Å²) in [6.45, 7) is 0. The molecule has 0 spiro atoms. The summed E-state index contributed by atoms with van der Waals surface area (Å²) in [6.07, 6.45) is 3.19. The van der Waals surface area contributed by atoms with Gasteiger partial charge in [-0.1, -0.05) is 0 Å². The van der Waals surface area contributed by atoms with E-state index in [-0.39, 0.29) is 5.91 Å².